The number of aryl methyl sites for hydroxylation is 1. The van der Waals surface area contributed by atoms with Crippen molar-refractivity contribution in [2.45, 2.75) is 39.0 Å². The zero-order valence-corrected chi connectivity index (χ0v) is 15.7. The summed E-state index contributed by atoms with van der Waals surface area (Å²) in [5.74, 6) is 2.93. The first-order valence-corrected chi connectivity index (χ1v) is 10.1. The van der Waals surface area contributed by atoms with E-state index < -0.39 is 0 Å². The van der Waals surface area contributed by atoms with Crippen molar-refractivity contribution >= 4 is 11.9 Å². The average molecular weight is 358 g/mol. The van der Waals surface area contributed by atoms with E-state index in [1.807, 2.05) is 13.0 Å². The van der Waals surface area contributed by atoms with Gasteiger partial charge in [-0.25, -0.2) is 9.97 Å². The average Bonchev–Trinajstić information content (AvgIpc) is 2.57. The summed E-state index contributed by atoms with van der Waals surface area (Å²) in [6.45, 7) is 6.01. The van der Waals surface area contributed by atoms with Crippen molar-refractivity contribution in [2.24, 2.45) is 23.7 Å². The molecule has 142 valence electrons. The molecule has 6 heteroatoms. The molecule has 0 spiro atoms. The number of carbonyl (C=O) groups is 1. The number of rotatable bonds is 6. The lowest BCUT2D eigenvalue weighted by atomic mass is 9.72. The zero-order valence-electron chi connectivity index (χ0n) is 15.7. The second-order valence-corrected chi connectivity index (χ2v) is 8.15. The summed E-state index contributed by atoms with van der Waals surface area (Å²) >= 11 is 0. The fourth-order valence-corrected chi connectivity index (χ4v) is 4.45. The molecule has 1 aromatic heterocycles. The molecule has 1 amide bonds. The lowest BCUT2D eigenvalue weighted by molar-refractivity contribution is -0.147. The van der Waals surface area contributed by atoms with E-state index in [1.54, 1.807) is 6.20 Å². The quantitative estimate of drug-likeness (QED) is 0.846. The molecule has 2 saturated heterocycles. The van der Waals surface area contributed by atoms with Crippen LogP contribution in [0.3, 0.4) is 0 Å². The number of aromatic nitrogens is 2. The zero-order chi connectivity index (χ0) is 17.9. The summed E-state index contributed by atoms with van der Waals surface area (Å²) in [5, 5.41) is 3.31. The molecule has 3 fully saturated rings. The first-order chi connectivity index (χ1) is 12.7. The summed E-state index contributed by atoms with van der Waals surface area (Å²) in [6.07, 6.45) is 7.79. The Hall–Kier alpha value is -1.69. The van der Waals surface area contributed by atoms with Gasteiger partial charge in [0.05, 0.1) is 5.92 Å². The third-order valence-electron chi connectivity index (χ3n) is 6.47. The van der Waals surface area contributed by atoms with Crippen molar-refractivity contribution in [3.63, 3.8) is 0 Å². The van der Waals surface area contributed by atoms with Gasteiger partial charge in [-0.3, -0.25) is 4.79 Å². The molecular formula is C20H30N4O2. The first-order valence-electron chi connectivity index (χ1n) is 10.1. The molecule has 0 radical (unpaired) electrons. The normalized spacial score (nSPS) is 23.2. The standard InChI is InChI=1S/C20H30N4O2/c1-14-5-8-21-20(23-14)22-11-18(16-6-9-26-10-7-16)19(25)24-12-17(13-24)15-3-2-4-15/h5,8,15-18H,2-4,6-7,9-13H2,1H3,(H,21,22,23). The van der Waals surface area contributed by atoms with Crippen LogP contribution >= 0.6 is 0 Å². The van der Waals surface area contributed by atoms with Crippen LogP contribution in [0.25, 0.3) is 0 Å². The van der Waals surface area contributed by atoms with Crippen molar-refractivity contribution in [2.75, 3.05) is 38.2 Å². The molecule has 1 N–H and O–H groups in total. The van der Waals surface area contributed by atoms with Crippen LogP contribution < -0.4 is 5.32 Å². The van der Waals surface area contributed by atoms with Gasteiger partial charge in [0.15, 0.2) is 0 Å². The second-order valence-electron chi connectivity index (χ2n) is 8.15. The minimum absolute atomic E-state index is 0.00893. The fraction of sp³-hybridized carbons (Fsp3) is 0.750. The largest absolute Gasteiger partial charge is 0.381 e. The second kappa shape index (κ2) is 7.91. The van der Waals surface area contributed by atoms with E-state index in [2.05, 4.69) is 20.2 Å². The highest BCUT2D eigenvalue weighted by Crippen LogP contribution is 2.39. The number of anilines is 1. The summed E-state index contributed by atoms with van der Waals surface area (Å²) in [7, 11) is 0. The van der Waals surface area contributed by atoms with Crippen LogP contribution in [0, 0.1) is 30.6 Å². The van der Waals surface area contributed by atoms with Crippen LogP contribution in [0.5, 0.6) is 0 Å². The maximum atomic E-state index is 13.2. The topological polar surface area (TPSA) is 67.4 Å². The molecule has 1 unspecified atom stereocenters. The highest BCUT2D eigenvalue weighted by Gasteiger charge is 2.42. The van der Waals surface area contributed by atoms with Crippen LogP contribution in [0.2, 0.25) is 0 Å². The van der Waals surface area contributed by atoms with E-state index in [0.717, 1.165) is 56.7 Å². The van der Waals surface area contributed by atoms with E-state index in [1.165, 1.54) is 19.3 Å². The lowest BCUT2D eigenvalue weighted by Crippen LogP contribution is -2.57. The molecule has 1 aliphatic carbocycles. The maximum absolute atomic E-state index is 13.2. The van der Waals surface area contributed by atoms with Gasteiger partial charge in [0.1, 0.15) is 0 Å². The third-order valence-corrected chi connectivity index (χ3v) is 6.47. The first kappa shape index (κ1) is 17.7. The van der Waals surface area contributed by atoms with Gasteiger partial charge in [-0.15, -0.1) is 0 Å². The molecule has 1 atom stereocenters. The van der Waals surface area contributed by atoms with Gasteiger partial charge >= 0.3 is 0 Å². The van der Waals surface area contributed by atoms with Crippen molar-refractivity contribution in [3.05, 3.63) is 18.0 Å². The number of nitrogens with one attached hydrogen (secondary N) is 1. The number of likely N-dealkylation sites (tertiary alicyclic amines) is 1. The Morgan fingerprint density at radius 1 is 1.27 bits per heavy atom. The van der Waals surface area contributed by atoms with Crippen LogP contribution in [0.1, 0.15) is 37.8 Å². The van der Waals surface area contributed by atoms with Crippen LogP contribution in [0.4, 0.5) is 5.95 Å². The molecule has 1 saturated carbocycles. The maximum Gasteiger partial charge on any atom is 0.227 e. The van der Waals surface area contributed by atoms with Gasteiger partial charge in [0.2, 0.25) is 11.9 Å². The molecule has 1 aromatic rings. The Kier molecular flexibility index (Phi) is 5.38. The molecule has 3 heterocycles. The van der Waals surface area contributed by atoms with Gasteiger partial charge in [0, 0.05) is 44.7 Å². The molecular weight excluding hydrogens is 328 g/mol. The van der Waals surface area contributed by atoms with Crippen LogP contribution in [-0.2, 0) is 9.53 Å². The molecule has 6 nitrogen and oxygen atoms in total. The Bertz CT molecular complexity index is 622. The molecule has 4 rings (SSSR count). The summed E-state index contributed by atoms with van der Waals surface area (Å²) in [6, 6.07) is 1.88. The van der Waals surface area contributed by atoms with Crippen LogP contribution in [0.15, 0.2) is 12.3 Å². The minimum atomic E-state index is -0.00893. The lowest BCUT2D eigenvalue weighted by Gasteiger charge is -2.48. The number of ether oxygens (including phenoxy) is 1. The highest BCUT2D eigenvalue weighted by molar-refractivity contribution is 5.80. The Balaban J connectivity index is 1.38. The van der Waals surface area contributed by atoms with E-state index in [0.29, 0.717) is 24.3 Å². The number of carbonyl (C=O) groups excluding carboxylic acids is 1. The number of nitrogens with zero attached hydrogens (tertiary/aromatic N) is 3. The molecule has 2 aliphatic heterocycles. The van der Waals surface area contributed by atoms with Gasteiger partial charge < -0.3 is 15.0 Å². The molecule has 0 aromatic carbocycles. The van der Waals surface area contributed by atoms with Gasteiger partial charge in [0.25, 0.3) is 0 Å². The summed E-state index contributed by atoms with van der Waals surface area (Å²) < 4.78 is 5.51. The molecule has 3 aliphatic rings. The predicted molar refractivity (Wildman–Crippen MR) is 99.7 cm³/mol. The monoisotopic (exact) mass is 358 g/mol. The smallest absolute Gasteiger partial charge is 0.227 e. The number of hydrogen-bond donors (Lipinski definition) is 1. The fourth-order valence-electron chi connectivity index (χ4n) is 4.45. The van der Waals surface area contributed by atoms with Crippen molar-refractivity contribution in [1.29, 1.82) is 0 Å². The van der Waals surface area contributed by atoms with Crippen molar-refractivity contribution in [3.8, 4) is 0 Å². The highest BCUT2D eigenvalue weighted by atomic mass is 16.5. The molecule has 0 bridgehead atoms. The number of hydrogen-bond acceptors (Lipinski definition) is 5. The Morgan fingerprint density at radius 2 is 2.04 bits per heavy atom. The Morgan fingerprint density at radius 3 is 2.69 bits per heavy atom. The van der Waals surface area contributed by atoms with Gasteiger partial charge in [-0.2, -0.15) is 0 Å². The predicted octanol–water partition coefficient (Wildman–Crippen LogP) is 2.50. The van der Waals surface area contributed by atoms with Crippen molar-refractivity contribution < 1.29 is 9.53 Å². The van der Waals surface area contributed by atoms with E-state index in [4.69, 9.17) is 4.74 Å². The van der Waals surface area contributed by atoms with E-state index in [9.17, 15) is 4.79 Å². The summed E-state index contributed by atoms with van der Waals surface area (Å²) in [5.41, 5.74) is 0.933. The Labute approximate surface area is 155 Å². The van der Waals surface area contributed by atoms with Gasteiger partial charge in [-0.1, -0.05) is 19.3 Å². The third kappa shape index (κ3) is 3.85. The van der Waals surface area contributed by atoms with Crippen LogP contribution in [-0.4, -0.2) is 53.6 Å². The number of amides is 1. The van der Waals surface area contributed by atoms with E-state index >= 15 is 0 Å². The summed E-state index contributed by atoms with van der Waals surface area (Å²) in [4.78, 5) is 24.0. The van der Waals surface area contributed by atoms with Crippen molar-refractivity contribution in [1.82, 2.24) is 14.9 Å². The van der Waals surface area contributed by atoms with Gasteiger partial charge in [-0.05, 0) is 43.6 Å². The van der Waals surface area contributed by atoms with E-state index in [-0.39, 0.29) is 5.92 Å². The minimum Gasteiger partial charge on any atom is -0.381 e. The SMILES string of the molecule is Cc1ccnc(NCC(C(=O)N2CC(C3CCC3)C2)C2CCOCC2)n1. The molecule has 26 heavy (non-hydrogen) atoms.